The molecule has 4 heterocycles. The van der Waals surface area contributed by atoms with E-state index in [9.17, 15) is 4.79 Å². The molecule has 1 saturated carbocycles. The molecule has 3 aliphatic rings. The lowest BCUT2D eigenvalue weighted by molar-refractivity contribution is -0.830. The number of hydrogen-bond donors (Lipinski definition) is 0. The van der Waals surface area contributed by atoms with Gasteiger partial charge in [-0.25, -0.2) is 4.79 Å². The Hall–Kier alpha value is -3.53. The molecule has 0 saturated heterocycles. The number of benzene rings is 2. The number of pyridine rings is 2. The highest BCUT2D eigenvalue weighted by Crippen LogP contribution is 2.77. The Morgan fingerprint density at radius 2 is 1.69 bits per heavy atom. The quantitative estimate of drug-likeness (QED) is 0.272. The Labute approximate surface area is 212 Å². The van der Waals surface area contributed by atoms with E-state index in [0.717, 1.165) is 19.3 Å². The van der Waals surface area contributed by atoms with Gasteiger partial charge in [-0.3, -0.25) is 0 Å². The maximum Gasteiger partial charge on any atom is 0.409 e. The van der Waals surface area contributed by atoms with Crippen LogP contribution in [0.5, 0.6) is 0 Å². The first-order valence-electron chi connectivity index (χ1n) is 13.4. The van der Waals surface area contributed by atoms with Crippen LogP contribution in [-0.2, 0) is 27.8 Å². The van der Waals surface area contributed by atoms with Crippen LogP contribution in [0.15, 0.2) is 79.1 Å². The molecule has 0 radical (unpaired) electrons. The fourth-order valence-electron chi connectivity index (χ4n) is 8.05. The zero-order valence-corrected chi connectivity index (χ0v) is 21.3. The second-order valence-electron chi connectivity index (χ2n) is 10.6. The molecular weight excluding hydrogens is 444 g/mol. The molecule has 0 bridgehead atoms. The van der Waals surface area contributed by atoms with Gasteiger partial charge in [0.25, 0.3) is 11.2 Å². The largest absolute Gasteiger partial charge is 0.409 e. The third-order valence-corrected chi connectivity index (χ3v) is 9.36. The van der Waals surface area contributed by atoms with Gasteiger partial charge < -0.3 is 4.74 Å². The van der Waals surface area contributed by atoms with Gasteiger partial charge in [-0.05, 0) is 54.0 Å². The first-order valence-corrected chi connectivity index (χ1v) is 13.4. The molecule has 7 rings (SSSR count). The SMILES string of the molecule is CCCCc1ccc2c3[n+](ccc2c1)C1(CC)C(CC)(c2ccccc2-3)C12OC(=O)c1cccc[n+]12. The summed E-state index contributed by atoms with van der Waals surface area (Å²) < 4.78 is 11.2. The van der Waals surface area contributed by atoms with Crippen molar-refractivity contribution in [2.75, 3.05) is 0 Å². The van der Waals surface area contributed by atoms with E-state index >= 15 is 0 Å². The van der Waals surface area contributed by atoms with Crippen molar-refractivity contribution in [1.82, 2.24) is 0 Å². The average Bonchev–Trinajstić information content (AvgIpc) is 3.33. The zero-order chi connectivity index (χ0) is 24.7. The summed E-state index contributed by atoms with van der Waals surface area (Å²) in [5, 5.41) is 2.53. The lowest BCUT2D eigenvalue weighted by atomic mass is 9.78. The van der Waals surface area contributed by atoms with Crippen LogP contribution in [0.4, 0.5) is 0 Å². The van der Waals surface area contributed by atoms with Crippen molar-refractivity contribution >= 4 is 16.7 Å². The maximum absolute atomic E-state index is 13.3. The van der Waals surface area contributed by atoms with Gasteiger partial charge in [0, 0.05) is 24.6 Å². The number of carbonyl (C=O) groups is 1. The van der Waals surface area contributed by atoms with Gasteiger partial charge in [-0.2, -0.15) is 4.57 Å². The fourth-order valence-corrected chi connectivity index (χ4v) is 8.05. The Morgan fingerprint density at radius 3 is 2.50 bits per heavy atom. The molecule has 2 aliphatic heterocycles. The number of aromatic nitrogens is 2. The second kappa shape index (κ2) is 7.25. The summed E-state index contributed by atoms with van der Waals surface area (Å²) >= 11 is 0. The van der Waals surface area contributed by atoms with Gasteiger partial charge in [0.15, 0.2) is 17.8 Å². The molecule has 4 heteroatoms. The lowest BCUT2D eigenvalue weighted by Crippen LogP contribution is -2.60. The molecule has 0 amide bonds. The van der Waals surface area contributed by atoms with E-state index in [1.807, 2.05) is 24.4 Å². The van der Waals surface area contributed by atoms with Crippen molar-refractivity contribution in [1.29, 1.82) is 0 Å². The van der Waals surface area contributed by atoms with E-state index in [2.05, 4.69) is 84.6 Å². The van der Waals surface area contributed by atoms with Gasteiger partial charge in [0.05, 0.1) is 10.9 Å². The van der Waals surface area contributed by atoms with Gasteiger partial charge in [-0.15, -0.1) is 4.57 Å². The van der Waals surface area contributed by atoms with Crippen molar-refractivity contribution in [2.24, 2.45) is 0 Å². The van der Waals surface area contributed by atoms with Crippen LogP contribution in [0.25, 0.3) is 22.0 Å². The molecule has 0 N–H and O–H groups in total. The molecule has 1 spiro atoms. The minimum atomic E-state index is -0.794. The normalized spacial score (nSPS) is 26.8. The summed E-state index contributed by atoms with van der Waals surface area (Å²) in [7, 11) is 0. The van der Waals surface area contributed by atoms with E-state index < -0.39 is 11.3 Å². The van der Waals surface area contributed by atoms with Crippen molar-refractivity contribution in [3.05, 3.63) is 95.9 Å². The average molecular weight is 477 g/mol. The molecule has 1 aliphatic carbocycles. The van der Waals surface area contributed by atoms with Crippen LogP contribution in [0.3, 0.4) is 0 Å². The first-order chi connectivity index (χ1) is 17.6. The van der Waals surface area contributed by atoms with E-state index in [4.69, 9.17) is 4.74 Å². The highest BCUT2D eigenvalue weighted by atomic mass is 16.6. The molecule has 4 nitrogen and oxygen atoms in total. The minimum absolute atomic E-state index is 0.230. The van der Waals surface area contributed by atoms with Crippen molar-refractivity contribution in [2.45, 2.75) is 69.6 Å². The summed E-state index contributed by atoms with van der Waals surface area (Å²) in [6.07, 6.45) is 9.53. The van der Waals surface area contributed by atoms with Gasteiger partial charge in [-0.1, -0.05) is 57.5 Å². The molecule has 2 aromatic carbocycles. The summed E-state index contributed by atoms with van der Waals surface area (Å²) in [5.41, 5.74) is 4.22. The summed E-state index contributed by atoms with van der Waals surface area (Å²) in [5.74, 6) is -0.230. The van der Waals surface area contributed by atoms with Crippen molar-refractivity contribution in [3.63, 3.8) is 0 Å². The molecule has 180 valence electrons. The van der Waals surface area contributed by atoms with Crippen LogP contribution in [0.1, 0.15) is 68.1 Å². The standard InChI is InChI=1S/C32H32N2O2/c1-4-7-12-22-16-17-24-23(21-22)18-20-34-28(24)25-13-8-9-14-26(25)30(5-2)31(34,6-3)32(30)33-19-11-10-15-27(33)29(35)36-32/h8-11,13-21H,4-7,12H2,1-3H3/q+2. The van der Waals surface area contributed by atoms with Gasteiger partial charge in [0.1, 0.15) is 0 Å². The lowest BCUT2D eigenvalue weighted by Gasteiger charge is -2.25. The number of aryl methyl sites for hydroxylation is 1. The number of ether oxygens (including phenoxy) is 1. The predicted octanol–water partition coefficient (Wildman–Crippen LogP) is 5.73. The van der Waals surface area contributed by atoms with Crippen molar-refractivity contribution < 1.29 is 18.7 Å². The second-order valence-corrected chi connectivity index (χ2v) is 10.6. The zero-order valence-electron chi connectivity index (χ0n) is 21.3. The number of fused-ring (bicyclic) bond motifs is 12. The Morgan fingerprint density at radius 1 is 0.861 bits per heavy atom. The summed E-state index contributed by atoms with van der Waals surface area (Å²) in [6, 6.07) is 23.9. The first kappa shape index (κ1) is 21.7. The van der Waals surface area contributed by atoms with E-state index in [1.54, 1.807) is 0 Å². The fraction of sp³-hybridized carbons (Fsp3) is 0.344. The number of unbranched alkanes of at least 4 members (excludes halogenated alkanes) is 1. The Balaban J connectivity index is 1.58. The smallest absolute Gasteiger partial charge is 0.385 e. The maximum atomic E-state index is 13.3. The molecule has 3 atom stereocenters. The topological polar surface area (TPSA) is 34.1 Å². The summed E-state index contributed by atoms with van der Waals surface area (Å²) in [6.45, 7) is 6.74. The van der Waals surface area contributed by atoms with Gasteiger partial charge in [0.2, 0.25) is 5.69 Å². The molecule has 2 aromatic heterocycles. The van der Waals surface area contributed by atoms with Crippen LogP contribution >= 0.6 is 0 Å². The van der Waals surface area contributed by atoms with Crippen LogP contribution in [0, 0.1) is 0 Å². The van der Waals surface area contributed by atoms with E-state index in [0.29, 0.717) is 5.69 Å². The number of rotatable bonds is 5. The van der Waals surface area contributed by atoms with Crippen LogP contribution < -0.4 is 9.13 Å². The van der Waals surface area contributed by atoms with E-state index in [1.165, 1.54) is 46.0 Å². The highest BCUT2D eigenvalue weighted by molar-refractivity contribution is 5.95. The Kier molecular flexibility index (Phi) is 4.38. The Bertz CT molecular complexity index is 1580. The predicted molar refractivity (Wildman–Crippen MR) is 138 cm³/mol. The molecule has 1 fully saturated rings. The summed E-state index contributed by atoms with van der Waals surface area (Å²) in [4.78, 5) is 13.3. The molecular formula is C32H32N2O2+2. The molecule has 3 unspecified atom stereocenters. The molecule has 36 heavy (non-hydrogen) atoms. The minimum Gasteiger partial charge on any atom is -0.385 e. The third kappa shape index (κ3) is 2.17. The monoisotopic (exact) mass is 476 g/mol. The van der Waals surface area contributed by atoms with Crippen LogP contribution in [0.2, 0.25) is 0 Å². The van der Waals surface area contributed by atoms with Crippen molar-refractivity contribution in [3.8, 4) is 11.3 Å². The number of hydrogen-bond acceptors (Lipinski definition) is 2. The number of carbonyl (C=O) groups excluding carboxylic acids is 1. The van der Waals surface area contributed by atoms with Crippen LogP contribution in [-0.4, -0.2) is 5.97 Å². The highest BCUT2D eigenvalue weighted by Gasteiger charge is 3.07. The third-order valence-electron chi connectivity index (χ3n) is 9.36. The van der Waals surface area contributed by atoms with Gasteiger partial charge >= 0.3 is 11.7 Å². The molecule has 4 aromatic rings. The number of nitrogens with zero attached hydrogens (tertiary/aromatic N) is 2. The number of esters is 1. The van der Waals surface area contributed by atoms with E-state index in [-0.39, 0.29) is 11.4 Å².